The maximum Gasteiger partial charge on any atom is 0.336 e. The van der Waals surface area contributed by atoms with Crippen molar-refractivity contribution in [3.05, 3.63) is 21.9 Å². The van der Waals surface area contributed by atoms with Crippen molar-refractivity contribution in [1.29, 1.82) is 0 Å². The summed E-state index contributed by atoms with van der Waals surface area (Å²) in [5.41, 5.74) is 0.451. The minimum absolute atomic E-state index is 0.451. The molecule has 1 N–H and O–H groups in total. The molecule has 0 unspecified atom stereocenters. The predicted octanol–water partition coefficient (Wildman–Crippen LogP) is 2.01. The summed E-state index contributed by atoms with van der Waals surface area (Å²) in [6.07, 6.45) is 0.805. The molecule has 0 aliphatic carbocycles. The molecule has 0 bridgehead atoms. The van der Waals surface area contributed by atoms with Crippen LogP contribution in [-0.4, -0.2) is 11.1 Å². The van der Waals surface area contributed by atoms with Gasteiger partial charge in [-0.15, -0.1) is 11.3 Å². The number of hydrogen-bond donors (Lipinski definition) is 1. The quantitative estimate of drug-likeness (QED) is 0.711. The third-order valence-electron chi connectivity index (χ3n) is 1.30. The Bertz CT molecular complexity index is 240. The number of hydrogen-bond acceptors (Lipinski definition) is 2. The van der Waals surface area contributed by atoms with E-state index >= 15 is 0 Å². The van der Waals surface area contributed by atoms with Gasteiger partial charge in [-0.25, -0.2) is 4.79 Å². The van der Waals surface area contributed by atoms with Crippen molar-refractivity contribution in [2.45, 2.75) is 13.3 Å². The number of carboxylic acid groups (broad SMARTS) is 1. The summed E-state index contributed by atoms with van der Waals surface area (Å²) < 4.78 is 0. The first-order chi connectivity index (χ1) is 4.75. The van der Waals surface area contributed by atoms with E-state index in [-0.39, 0.29) is 0 Å². The van der Waals surface area contributed by atoms with Crippen LogP contribution < -0.4 is 0 Å². The molecule has 0 fully saturated rings. The van der Waals surface area contributed by atoms with Crippen LogP contribution in [0.15, 0.2) is 11.4 Å². The Morgan fingerprint density at radius 1 is 1.80 bits per heavy atom. The van der Waals surface area contributed by atoms with E-state index in [9.17, 15) is 4.79 Å². The van der Waals surface area contributed by atoms with E-state index in [1.54, 1.807) is 6.07 Å². The molecule has 0 aliphatic heterocycles. The van der Waals surface area contributed by atoms with Crippen LogP contribution in [0.3, 0.4) is 0 Å². The molecule has 1 heterocycles. The minimum Gasteiger partial charge on any atom is -0.478 e. The summed E-state index contributed by atoms with van der Waals surface area (Å²) in [5.74, 6) is -0.821. The average Bonchev–Trinajstić information content (AvgIpc) is 2.33. The maximum atomic E-state index is 10.4. The van der Waals surface area contributed by atoms with Gasteiger partial charge in [0.25, 0.3) is 0 Å². The number of aryl methyl sites for hydroxylation is 1. The number of carboxylic acids is 1. The molecule has 3 heteroatoms. The van der Waals surface area contributed by atoms with Gasteiger partial charge >= 0.3 is 5.97 Å². The molecule has 2 nitrogen and oxygen atoms in total. The highest BCUT2D eigenvalue weighted by atomic mass is 32.1. The van der Waals surface area contributed by atoms with Crippen molar-refractivity contribution in [3.63, 3.8) is 0 Å². The summed E-state index contributed by atoms with van der Waals surface area (Å²) >= 11 is 1.50. The van der Waals surface area contributed by atoms with Crippen LogP contribution in [-0.2, 0) is 6.42 Å². The lowest BCUT2D eigenvalue weighted by molar-refractivity contribution is 0.0696. The van der Waals surface area contributed by atoms with Crippen LogP contribution in [0.1, 0.15) is 22.2 Å². The second-order valence-electron chi connectivity index (χ2n) is 1.92. The monoisotopic (exact) mass is 156 g/mol. The van der Waals surface area contributed by atoms with E-state index in [4.69, 9.17) is 5.11 Å². The maximum absolute atomic E-state index is 10.4. The van der Waals surface area contributed by atoms with Crippen molar-refractivity contribution in [3.8, 4) is 0 Å². The molecule has 54 valence electrons. The highest BCUT2D eigenvalue weighted by molar-refractivity contribution is 7.10. The van der Waals surface area contributed by atoms with Crippen LogP contribution in [0.25, 0.3) is 0 Å². The van der Waals surface area contributed by atoms with Gasteiger partial charge in [-0.1, -0.05) is 6.92 Å². The lowest BCUT2D eigenvalue weighted by Gasteiger charge is -1.91. The fraction of sp³-hybridized carbons (Fsp3) is 0.286. The lowest BCUT2D eigenvalue weighted by atomic mass is 10.2. The van der Waals surface area contributed by atoms with Gasteiger partial charge in [0.1, 0.15) is 0 Å². The highest BCUT2D eigenvalue weighted by Crippen LogP contribution is 2.16. The molecular formula is C7H8O2S. The molecule has 1 rings (SSSR count). The first kappa shape index (κ1) is 7.28. The molecule has 1 aromatic heterocycles. The van der Waals surface area contributed by atoms with E-state index < -0.39 is 5.97 Å². The smallest absolute Gasteiger partial charge is 0.336 e. The first-order valence-electron chi connectivity index (χ1n) is 3.05. The van der Waals surface area contributed by atoms with Crippen molar-refractivity contribution in [1.82, 2.24) is 0 Å². The largest absolute Gasteiger partial charge is 0.478 e. The van der Waals surface area contributed by atoms with Crippen LogP contribution in [0, 0.1) is 0 Å². The van der Waals surface area contributed by atoms with Gasteiger partial charge in [0.05, 0.1) is 5.56 Å². The van der Waals surface area contributed by atoms with Crippen molar-refractivity contribution >= 4 is 17.3 Å². The molecule has 0 aliphatic rings. The Morgan fingerprint density at radius 3 is 2.90 bits per heavy atom. The molecule has 0 atom stereocenters. The van der Waals surface area contributed by atoms with E-state index in [2.05, 4.69) is 0 Å². The number of rotatable bonds is 2. The lowest BCUT2D eigenvalue weighted by Crippen LogP contribution is -1.96. The Hall–Kier alpha value is -0.830. The Balaban J connectivity index is 3.01. The van der Waals surface area contributed by atoms with Crippen molar-refractivity contribution in [2.75, 3.05) is 0 Å². The molecule has 1 aromatic rings. The fourth-order valence-corrected chi connectivity index (χ4v) is 1.62. The van der Waals surface area contributed by atoms with Gasteiger partial charge in [0.15, 0.2) is 0 Å². The van der Waals surface area contributed by atoms with E-state index in [1.807, 2.05) is 12.3 Å². The molecule has 0 aromatic carbocycles. The number of carbonyl (C=O) groups is 1. The van der Waals surface area contributed by atoms with Gasteiger partial charge in [-0.3, -0.25) is 0 Å². The van der Waals surface area contributed by atoms with Crippen LogP contribution in [0.4, 0.5) is 0 Å². The first-order valence-corrected chi connectivity index (χ1v) is 3.93. The van der Waals surface area contributed by atoms with Crippen LogP contribution in [0.5, 0.6) is 0 Å². The standard InChI is InChI=1S/C7H8O2S/c1-2-6-5(7(8)9)3-4-10-6/h3-4H,2H2,1H3,(H,8,9). The van der Waals surface area contributed by atoms with Crippen LogP contribution >= 0.6 is 11.3 Å². The molecule has 10 heavy (non-hydrogen) atoms. The highest BCUT2D eigenvalue weighted by Gasteiger charge is 2.08. The second-order valence-corrected chi connectivity index (χ2v) is 2.92. The zero-order valence-corrected chi connectivity index (χ0v) is 6.44. The summed E-state index contributed by atoms with van der Waals surface area (Å²) in [6.45, 7) is 1.96. The summed E-state index contributed by atoms with van der Waals surface area (Å²) in [6, 6.07) is 1.64. The Kier molecular flexibility index (Phi) is 2.06. The Morgan fingerprint density at radius 2 is 2.50 bits per heavy atom. The summed E-state index contributed by atoms with van der Waals surface area (Å²) in [5, 5.41) is 10.4. The Labute approximate surface area is 63.1 Å². The summed E-state index contributed by atoms with van der Waals surface area (Å²) in [4.78, 5) is 11.4. The molecule has 0 spiro atoms. The van der Waals surface area contributed by atoms with Gasteiger partial charge in [-0.05, 0) is 17.9 Å². The fourth-order valence-electron chi connectivity index (χ4n) is 0.805. The number of aromatic carboxylic acids is 1. The van der Waals surface area contributed by atoms with E-state index in [0.717, 1.165) is 11.3 Å². The average molecular weight is 156 g/mol. The molecule has 0 amide bonds. The molecule has 0 saturated carbocycles. The van der Waals surface area contributed by atoms with Gasteiger partial charge in [0, 0.05) is 4.88 Å². The molecule has 0 radical (unpaired) electrons. The topological polar surface area (TPSA) is 37.3 Å². The number of thiophene rings is 1. The molecular weight excluding hydrogens is 148 g/mol. The van der Waals surface area contributed by atoms with Crippen molar-refractivity contribution in [2.24, 2.45) is 0 Å². The second kappa shape index (κ2) is 2.84. The summed E-state index contributed by atoms with van der Waals surface area (Å²) in [7, 11) is 0. The third kappa shape index (κ3) is 1.19. The van der Waals surface area contributed by atoms with Gasteiger partial charge < -0.3 is 5.11 Å². The predicted molar refractivity (Wildman–Crippen MR) is 40.7 cm³/mol. The molecule has 0 saturated heterocycles. The van der Waals surface area contributed by atoms with E-state index in [0.29, 0.717) is 5.56 Å². The minimum atomic E-state index is -0.821. The third-order valence-corrected chi connectivity index (χ3v) is 2.36. The SMILES string of the molecule is CCc1sccc1C(=O)O. The zero-order chi connectivity index (χ0) is 7.56. The van der Waals surface area contributed by atoms with Gasteiger partial charge in [0.2, 0.25) is 0 Å². The normalized spacial score (nSPS) is 9.70. The van der Waals surface area contributed by atoms with E-state index in [1.165, 1.54) is 11.3 Å². The van der Waals surface area contributed by atoms with Crippen LogP contribution in [0.2, 0.25) is 0 Å². The van der Waals surface area contributed by atoms with Gasteiger partial charge in [-0.2, -0.15) is 0 Å². The van der Waals surface area contributed by atoms with Crippen molar-refractivity contribution < 1.29 is 9.90 Å². The zero-order valence-electron chi connectivity index (χ0n) is 5.63.